The van der Waals surface area contributed by atoms with Gasteiger partial charge in [-0.2, -0.15) is 0 Å². The van der Waals surface area contributed by atoms with Gasteiger partial charge in [0.1, 0.15) is 33.8 Å². The second-order valence-electron chi connectivity index (χ2n) is 14.7. The molecule has 260 valence electrons. The molecule has 0 spiro atoms. The Balaban J connectivity index is 0.985. The number of nitrogens with zero attached hydrogens (tertiary/aromatic N) is 2. The minimum Gasteiger partial charge on any atom is -0.457 e. The van der Waals surface area contributed by atoms with Crippen LogP contribution in [0.2, 0.25) is 0 Å². The minimum absolute atomic E-state index is 0.792. The first-order valence-corrected chi connectivity index (χ1v) is 18.6. The number of fused-ring (bicyclic) bond motifs is 12. The van der Waals surface area contributed by atoms with Crippen LogP contribution in [0.3, 0.4) is 0 Å². The molecule has 0 aliphatic carbocycles. The molecule has 0 N–H and O–H groups in total. The summed E-state index contributed by atoms with van der Waals surface area (Å²) in [7, 11) is 0. The van der Waals surface area contributed by atoms with Gasteiger partial charge in [0.05, 0.1) is 22.1 Å². The predicted octanol–water partition coefficient (Wildman–Crippen LogP) is 14.1. The van der Waals surface area contributed by atoms with Crippen LogP contribution in [0.5, 0.6) is 11.5 Å². The first-order chi connectivity index (χ1) is 27.0. The number of benzene rings is 8. The summed E-state index contributed by atoms with van der Waals surface area (Å²) in [5, 5.41) is 9.12. The van der Waals surface area contributed by atoms with E-state index >= 15 is 0 Å². The van der Waals surface area contributed by atoms with Gasteiger partial charge in [0.15, 0.2) is 0 Å². The Morgan fingerprint density at radius 1 is 0.345 bits per heavy atom. The van der Waals surface area contributed by atoms with Crippen LogP contribution >= 0.6 is 0 Å². The van der Waals surface area contributed by atoms with Crippen molar-refractivity contribution >= 4 is 87.5 Å². The van der Waals surface area contributed by atoms with E-state index < -0.39 is 0 Å². The molecule has 0 radical (unpaired) electrons. The van der Waals surface area contributed by atoms with E-state index in [-0.39, 0.29) is 0 Å². The van der Waals surface area contributed by atoms with Crippen molar-refractivity contribution in [2.75, 3.05) is 0 Å². The van der Waals surface area contributed by atoms with Crippen molar-refractivity contribution in [3.63, 3.8) is 0 Å². The topological polar surface area (TPSA) is 45.4 Å². The Kier molecular flexibility index (Phi) is 6.12. The van der Waals surface area contributed by atoms with Crippen LogP contribution in [0.4, 0.5) is 0 Å². The molecule has 55 heavy (non-hydrogen) atoms. The van der Waals surface area contributed by atoms with Gasteiger partial charge in [0.25, 0.3) is 0 Å². The normalized spacial score (nSPS) is 12.2. The number of aryl methyl sites for hydroxylation is 2. The fourth-order valence-corrected chi connectivity index (χ4v) is 8.76. The molecule has 0 saturated carbocycles. The number of hydrogen-bond acceptors (Lipinski definition) is 3. The summed E-state index contributed by atoms with van der Waals surface area (Å²) >= 11 is 0. The van der Waals surface area contributed by atoms with Crippen LogP contribution in [0.15, 0.2) is 167 Å². The Bertz CT molecular complexity index is 3320. The highest BCUT2D eigenvalue weighted by molar-refractivity contribution is 6.13. The average Bonchev–Trinajstić information content (AvgIpc) is 3.95. The van der Waals surface area contributed by atoms with E-state index in [2.05, 4.69) is 156 Å². The van der Waals surface area contributed by atoms with Gasteiger partial charge in [-0.1, -0.05) is 59.7 Å². The molecule has 4 aromatic heterocycles. The Labute approximate surface area is 314 Å². The molecule has 0 saturated heterocycles. The van der Waals surface area contributed by atoms with E-state index in [1.165, 1.54) is 21.9 Å². The fraction of sp³-hybridized carbons (Fsp3) is 0.0400. The van der Waals surface area contributed by atoms with E-state index in [9.17, 15) is 0 Å². The van der Waals surface area contributed by atoms with E-state index in [1.54, 1.807) is 0 Å². The van der Waals surface area contributed by atoms with E-state index in [4.69, 9.17) is 13.6 Å². The van der Waals surface area contributed by atoms with Crippen LogP contribution in [0.1, 0.15) is 11.1 Å². The molecule has 12 aromatic rings. The van der Waals surface area contributed by atoms with Gasteiger partial charge < -0.3 is 22.7 Å². The first-order valence-electron chi connectivity index (χ1n) is 18.6. The van der Waals surface area contributed by atoms with Gasteiger partial charge in [0, 0.05) is 54.5 Å². The lowest BCUT2D eigenvalue weighted by molar-refractivity contribution is 0.484. The summed E-state index contributed by atoms with van der Waals surface area (Å²) < 4.78 is 23.8. The van der Waals surface area contributed by atoms with Crippen LogP contribution in [-0.2, 0) is 0 Å². The molecular formula is C50H32N2O3. The standard InChI is InChI=1S/C50H32N2O3/c1-29-11-17-43-37(23-29)39-27-33(15-19-45(39)51(43)31-13-21-49-41(25-31)35-7-3-5-9-47(35)54-49)53-34-16-20-46-40(28-34)38-24-30(2)12-18-44(38)52(46)32-14-22-50-42(26-32)36-8-4-6-10-48(36)55-50/h3-28H,1-2H3. The molecule has 5 nitrogen and oxygen atoms in total. The Morgan fingerprint density at radius 3 is 1.22 bits per heavy atom. The number of furan rings is 2. The van der Waals surface area contributed by atoms with Gasteiger partial charge in [0.2, 0.25) is 0 Å². The second-order valence-corrected chi connectivity index (χ2v) is 14.7. The van der Waals surface area contributed by atoms with E-state index in [1.807, 2.05) is 24.3 Å². The summed E-state index contributed by atoms with van der Waals surface area (Å²) in [6.45, 7) is 4.30. The molecule has 0 aliphatic heterocycles. The van der Waals surface area contributed by atoms with Crippen molar-refractivity contribution in [2.24, 2.45) is 0 Å². The summed E-state index contributed by atoms with van der Waals surface area (Å²) in [6.07, 6.45) is 0. The Hall–Kier alpha value is -7.24. The van der Waals surface area contributed by atoms with Crippen LogP contribution < -0.4 is 4.74 Å². The third-order valence-corrected chi connectivity index (χ3v) is 11.3. The second kappa shape index (κ2) is 11.1. The predicted molar refractivity (Wildman–Crippen MR) is 226 cm³/mol. The zero-order chi connectivity index (χ0) is 36.4. The lowest BCUT2D eigenvalue weighted by atomic mass is 10.1. The summed E-state index contributed by atoms with van der Waals surface area (Å²) in [5.74, 6) is 1.58. The van der Waals surface area contributed by atoms with Gasteiger partial charge in [-0.15, -0.1) is 0 Å². The highest BCUT2D eigenvalue weighted by Gasteiger charge is 2.18. The largest absolute Gasteiger partial charge is 0.457 e. The van der Waals surface area contributed by atoms with Crippen molar-refractivity contribution in [1.29, 1.82) is 0 Å². The maximum absolute atomic E-state index is 6.73. The van der Waals surface area contributed by atoms with Crippen molar-refractivity contribution in [2.45, 2.75) is 13.8 Å². The summed E-state index contributed by atoms with van der Waals surface area (Å²) in [5.41, 5.74) is 12.7. The van der Waals surface area contributed by atoms with Crippen molar-refractivity contribution in [3.8, 4) is 22.9 Å². The molecule has 0 aliphatic rings. The molecular weight excluding hydrogens is 677 g/mol. The molecule has 4 heterocycles. The number of rotatable bonds is 4. The molecule has 0 fully saturated rings. The number of ether oxygens (including phenoxy) is 1. The zero-order valence-electron chi connectivity index (χ0n) is 30.1. The van der Waals surface area contributed by atoms with Crippen LogP contribution in [0.25, 0.3) is 98.9 Å². The highest BCUT2D eigenvalue weighted by atomic mass is 16.5. The van der Waals surface area contributed by atoms with Gasteiger partial charge >= 0.3 is 0 Å². The Morgan fingerprint density at radius 2 is 0.745 bits per heavy atom. The van der Waals surface area contributed by atoms with E-state index in [0.29, 0.717) is 0 Å². The summed E-state index contributed by atoms with van der Waals surface area (Å²) in [4.78, 5) is 0. The van der Waals surface area contributed by atoms with Gasteiger partial charge in [-0.05, 0) is 123 Å². The quantitative estimate of drug-likeness (QED) is 0.183. The van der Waals surface area contributed by atoms with Crippen LogP contribution in [-0.4, -0.2) is 9.13 Å². The molecule has 0 bridgehead atoms. The van der Waals surface area contributed by atoms with Crippen LogP contribution in [0, 0.1) is 13.8 Å². The fourth-order valence-electron chi connectivity index (χ4n) is 8.76. The molecule has 12 rings (SSSR count). The zero-order valence-corrected chi connectivity index (χ0v) is 30.1. The summed E-state index contributed by atoms with van der Waals surface area (Å²) in [6, 6.07) is 55.7. The van der Waals surface area contributed by atoms with Crippen molar-refractivity contribution in [1.82, 2.24) is 9.13 Å². The smallest absolute Gasteiger partial charge is 0.135 e. The minimum atomic E-state index is 0.792. The van der Waals surface area contributed by atoms with Gasteiger partial charge in [-0.25, -0.2) is 0 Å². The first kappa shape index (κ1) is 30.2. The molecule has 5 heteroatoms. The molecule has 0 atom stereocenters. The maximum atomic E-state index is 6.73. The molecule has 0 amide bonds. The third-order valence-electron chi connectivity index (χ3n) is 11.3. The van der Waals surface area contributed by atoms with E-state index in [0.717, 1.165) is 99.6 Å². The monoisotopic (exact) mass is 708 g/mol. The number of para-hydroxylation sites is 2. The highest BCUT2D eigenvalue weighted by Crippen LogP contribution is 2.41. The molecule has 0 unspecified atom stereocenters. The van der Waals surface area contributed by atoms with Crippen molar-refractivity contribution in [3.05, 3.63) is 169 Å². The SMILES string of the molecule is Cc1ccc2c(c1)c1cc(Oc3ccc4c(c3)c3cc(C)ccc3n4-c3ccc4oc5ccccc5c4c3)ccc1n2-c1ccc2oc3ccccc3c2c1. The maximum Gasteiger partial charge on any atom is 0.135 e. The lowest BCUT2D eigenvalue weighted by Crippen LogP contribution is -1.94. The average molecular weight is 709 g/mol. The number of hydrogen-bond donors (Lipinski definition) is 0. The third kappa shape index (κ3) is 4.47. The lowest BCUT2D eigenvalue weighted by Gasteiger charge is -2.10. The number of aromatic nitrogens is 2. The van der Waals surface area contributed by atoms with Crippen molar-refractivity contribution < 1.29 is 13.6 Å². The molecule has 8 aromatic carbocycles. The van der Waals surface area contributed by atoms with Gasteiger partial charge in [-0.3, -0.25) is 0 Å².